The van der Waals surface area contributed by atoms with Gasteiger partial charge in [-0.1, -0.05) is 49.6 Å². The number of benzene rings is 1. The summed E-state index contributed by atoms with van der Waals surface area (Å²) in [7, 11) is 0. The van der Waals surface area contributed by atoms with Gasteiger partial charge in [-0.15, -0.1) is 0 Å². The van der Waals surface area contributed by atoms with E-state index in [-0.39, 0.29) is 12.6 Å². The second kappa shape index (κ2) is 10.7. The highest BCUT2D eigenvalue weighted by Gasteiger charge is 2.29. The van der Waals surface area contributed by atoms with Crippen molar-refractivity contribution in [3.63, 3.8) is 0 Å². The smallest absolute Gasteiger partial charge is 0.229 e. The number of aliphatic hydroxyl groups is 1. The lowest BCUT2D eigenvalue weighted by atomic mass is 9.95. The van der Waals surface area contributed by atoms with Gasteiger partial charge in [0.1, 0.15) is 0 Å². The topological polar surface area (TPSA) is 82.3 Å². The predicted octanol–water partition coefficient (Wildman–Crippen LogP) is 4.37. The van der Waals surface area contributed by atoms with Crippen molar-refractivity contribution >= 4 is 22.9 Å². The Hall–Kier alpha value is -2.71. The summed E-state index contributed by atoms with van der Waals surface area (Å²) >= 11 is 0. The van der Waals surface area contributed by atoms with Gasteiger partial charge in [-0.2, -0.15) is 9.97 Å². The number of rotatable bonds is 7. The Kier molecular flexibility index (Phi) is 7.05. The molecule has 4 heterocycles. The van der Waals surface area contributed by atoms with Gasteiger partial charge >= 0.3 is 0 Å². The van der Waals surface area contributed by atoms with Crippen LogP contribution in [-0.4, -0.2) is 67.9 Å². The fourth-order valence-corrected chi connectivity index (χ4v) is 6.32. The Balaban J connectivity index is 1.24. The molecule has 0 bridgehead atoms. The average molecular weight is 490 g/mol. The second-order valence-electron chi connectivity index (χ2n) is 10.8. The average Bonchev–Trinajstić information content (AvgIpc) is 3.58. The molecule has 3 aromatic rings. The molecule has 0 radical (unpaired) electrons. The van der Waals surface area contributed by atoms with Gasteiger partial charge in [-0.05, 0) is 44.1 Å². The summed E-state index contributed by atoms with van der Waals surface area (Å²) in [4.78, 5) is 19.7. The van der Waals surface area contributed by atoms with E-state index < -0.39 is 0 Å². The van der Waals surface area contributed by atoms with Gasteiger partial charge in [0.05, 0.1) is 19.0 Å². The van der Waals surface area contributed by atoms with Crippen molar-refractivity contribution in [3.8, 4) is 0 Å². The summed E-state index contributed by atoms with van der Waals surface area (Å²) in [6, 6.07) is 11.7. The van der Waals surface area contributed by atoms with Crippen molar-refractivity contribution in [1.29, 1.82) is 0 Å². The van der Waals surface area contributed by atoms with E-state index in [1.165, 1.54) is 37.7 Å². The van der Waals surface area contributed by atoms with E-state index in [2.05, 4.69) is 50.0 Å². The molecule has 1 unspecified atom stereocenters. The van der Waals surface area contributed by atoms with Crippen molar-refractivity contribution in [1.82, 2.24) is 24.4 Å². The Morgan fingerprint density at radius 1 is 0.889 bits per heavy atom. The summed E-state index contributed by atoms with van der Waals surface area (Å²) in [5.41, 5.74) is 3.21. The van der Waals surface area contributed by atoms with E-state index in [0.29, 0.717) is 12.1 Å². The molecule has 1 atom stereocenters. The molecule has 192 valence electrons. The van der Waals surface area contributed by atoms with Crippen molar-refractivity contribution in [2.24, 2.45) is 0 Å². The molecule has 6 rings (SSSR count). The molecule has 0 spiro atoms. The summed E-state index contributed by atoms with van der Waals surface area (Å²) in [5.74, 6) is 1.59. The van der Waals surface area contributed by atoms with Crippen molar-refractivity contribution < 1.29 is 5.11 Å². The normalized spacial score (nSPS) is 22.5. The number of anilines is 2. The third-order valence-corrected chi connectivity index (χ3v) is 8.40. The van der Waals surface area contributed by atoms with Crippen molar-refractivity contribution in [2.75, 3.05) is 36.5 Å². The van der Waals surface area contributed by atoms with Crippen LogP contribution in [-0.2, 0) is 6.54 Å². The van der Waals surface area contributed by atoms with Gasteiger partial charge in [0.25, 0.3) is 0 Å². The van der Waals surface area contributed by atoms with Crippen LogP contribution >= 0.6 is 0 Å². The van der Waals surface area contributed by atoms with E-state index >= 15 is 0 Å². The first kappa shape index (κ1) is 23.7. The molecule has 2 saturated heterocycles. The first-order chi connectivity index (χ1) is 17.8. The standard InChI is InChI=1S/C28H39N7O/c36-19-24-12-7-15-34(24)28-31-26(25-27(32-28)35(20-29-25)23-10-5-2-6-11-23)30-22-13-16-33(17-14-22)18-21-8-3-1-4-9-21/h1,3-4,8-9,20,22-24,36H,2,5-7,10-19H2,(H,30,31,32). The van der Waals surface area contributed by atoms with Gasteiger partial charge in [0, 0.05) is 38.3 Å². The largest absolute Gasteiger partial charge is 0.394 e. The number of nitrogens with zero attached hydrogens (tertiary/aromatic N) is 6. The Labute approximate surface area is 213 Å². The molecular formula is C28H39N7O. The maximum absolute atomic E-state index is 9.96. The lowest BCUT2D eigenvalue weighted by Gasteiger charge is -2.33. The minimum absolute atomic E-state index is 0.0996. The molecule has 36 heavy (non-hydrogen) atoms. The van der Waals surface area contributed by atoms with E-state index in [1.807, 2.05) is 6.33 Å². The molecule has 0 amide bonds. The molecule has 1 saturated carbocycles. The molecule has 3 aliphatic rings. The van der Waals surface area contributed by atoms with Crippen molar-refractivity contribution in [3.05, 3.63) is 42.2 Å². The van der Waals surface area contributed by atoms with Crippen LogP contribution in [0.5, 0.6) is 0 Å². The van der Waals surface area contributed by atoms with E-state index in [4.69, 9.17) is 15.0 Å². The Bertz CT molecular complexity index is 1140. The second-order valence-corrected chi connectivity index (χ2v) is 10.8. The molecule has 1 aromatic carbocycles. The SMILES string of the molecule is OCC1CCCN1c1nc(NC2CCN(Cc3ccccc3)CC2)c2ncn(C3CCCCC3)c2n1. The van der Waals surface area contributed by atoms with Gasteiger partial charge in [-0.3, -0.25) is 4.90 Å². The fourth-order valence-electron chi connectivity index (χ4n) is 6.32. The number of aromatic nitrogens is 4. The number of hydrogen-bond acceptors (Lipinski definition) is 7. The lowest BCUT2D eigenvalue weighted by molar-refractivity contribution is 0.211. The van der Waals surface area contributed by atoms with Gasteiger partial charge in [0.2, 0.25) is 5.95 Å². The number of hydrogen-bond donors (Lipinski definition) is 2. The molecule has 2 aliphatic heterocycles. The predicted molar refractivity (Wildman–Crippen MR) is 143 cm³/mol. The van der Waals surface area contributed by atoms with Crippen LogP contribution in [0.3, 0.4) is 0 Å². The van der Waals surface area contributed by atoms with E-state index in [0.717, 1.165) is 74.8 Å². The maximum Gasteiger partial charge on any atom is 0.229 e. The summed E-state index contributed by atoms with van der Waals surface area (Å²) in [6.07, 6.45) is 12.5. The molecule has 2 aromatic heterocycles. The Morgan fingerprint density at radius 3 is 2.47 bits per heavy atom. The molecule has 8 nitrogen and oxygen atoms in total. The summed E-state index contributed by atoms with van der Waals surface area (Å²) in [5, 5.41) is 13.7. The van der Waals surface area contributed by atoms with Crippen LogP contribution in [0.15, 0.2) is 36.7 Å². The molecular weight excluding hydrogens is 450 g/mol. The highest BCUT2D eigenvalue weighted by Crippen LogP contribution is 2.34. The summed E-state index contributed by atoms with van der Waals surface area (Å²) in [6.45, 7) is 4.20. The van der Waals surface area contributed by atoms with Crippen LogP contribution in [0.4, 0.5) is 11.8 Å². The van der Waals surface area contributed by atoms with E-state index in [1.54, 1.807) is 0 Å². The fraction of sp³-hybridized carbons (Fsp3) is 0.607. The quantitative estimate of drug-likeness (QED) is 0.510. The first-order valence-electron chi connectivity index (χ1n) is 13.9. The maximum atomic E-state index is 9.96. The lowest BCUT2D eigenvalue weighted by Crippen LogP contribution is -2.39. The van der Waals surface area contributed by atoms with Crippen LogP contribution < -0.4 is 10.2 Å². The zero-order valence-electron chi connectivity index (χ0n) is 21.2. The highest BCUT2D eigenvalue weighted by molar-refractivity contribution is 5.84. The number of fused-ring (bicyclic) bond motifs is 1. The van der Waals surface area contributed by atoms with Gasteiger partial charge < -0.3 is 19.9 Å². The van der Waals surface area contributed by atoms with Gasteiger partial charge in [0.15, 0.2) is 17.0 Å². The van der Waals surface area contributed by atoms with Crippen LogP contribution in [0, 0.1) is 0 Å². The first-order valence-corrected chi connectivity index (χ1v) is 13.9. The van der Waals surface area contributed by atoms with E-state index in [9.17, 15) is 5.11 Å². The van der Waals surface area contributed by atoms with Gasteiger partial charge in [-0.25, -0.2) is 4.98 Å². The van der Waals surface area contributed by atoms with Crippen molar-refractivity contribution in [2.45, 2.75) is 82.5 Å². The zero-order valence-corrected chi connectivity index (χ0v) is 21.2. The Morgan fingerprint density at radius 2 is 1.69 bits per heavy atom. The van der Waals surface area contributed by atoms with Crippen LogP contribution in [0.25, 0.3) is 11.2 Å². The number of likely N-dealkylation sites (tertiary alicyclic amines) is 1. The molecule has 3 fully saturated rings. The zero-order chi connectivity index (χ0) is 24.3. The number of nitrogens with one attached hydrogen (secondary N) is 1. The minimum atomic E-state index is 0.0996. The molecule has 2 N–H and O–H groups in total. The number of piperidine rings is 1. The number of imidazole rings is 1. The van der Waals surface area contributed by atoms with Crippen LogP contribution in [0.1, 0.15) is 69.4 Å². The third kappa shape index (κ3) is 4.93. The third-order valence-electron chi connectivity index (χ3n) is 8.40. The minimum Gasteiger partial charge on any atom is -0.394 e. The molecule has 8 heteroatoms. The summed E-state index contributed by atoms with van der Waals surface area (Å²) < 4.78 is 2.30. The monoisotopic (exact) mass is 489 g/mol. The highest BCUT2D eigenvalue weighted by atomic mass is 16.3. The molecule has 1 aliphatic carbocycles. The van der Waals surface area contributed by atoms with Crippen LogP contribution in [0.2, 0.25) is 0 Å². The number of aliphatic hydroxyl groups excluding tert-OH is 1.